The highest BCUT2D eigenvalue weighted by molar-refractivity contribution is 5.90. The van der Waals surface area contributed by atoms with Crippen LogP contribution in [0.3, 0.4) is 0 Å². The number of carbonyl (C=O) groups excluding carboxylic acids is 1. The van der Waals surface area contributed by atoms with Crippen molar-refractivity contribution in [2.75, 3.05) is 5.32 Å². The number of nitrogens with one attached hydrogen (secondary N) is 2. The van der Waals surface area contributed by atoms with E-state index in [9.17, 15) is 9.59 Å². The number of aryl methyl sites for hydroxylation is 1. The molecule has 0 aliphatic heterocycles. The predicted octanol–water partition coefficient (Wildman–Crippen LogP) is -0.805. The lowest BCUT2D eigenvalue weighted by molar-refractivity contribution is -0.139. The van der Waals surface area contributed by atoms with Gasteiger partial charge in [-0.2, -0.15) is 4.80 Å². The second-order valence-electron chi connectivity index (χ2n) is 3.85. The van der Waals surface area contributed by atoms with E-state index in [0.717, 1.165) is 12.8 Å². The highest BCUT2D eigenvalue weighted by atomic mass is 16.4. The van der Waals surface area contributed by atoms with Gasteiger partial charge < -0.3 is 10.4 Å². The molecule has 3 N–H and O–H groups in total. The maximum Gasteiger partial charge on any atom is 0.326 e. The minimum atomic E-state index is -1.03. The van der Waals surface area contributed by atoms with Crippen LogP contribution in [0.4, 0.5) is 10.7 Å². The average Bonchev–Trinajstić information content (AvgIpc) is 3.00. The zero-order valence-corrected chi connectivity index (χ0v) is 9.12. The van der Waals surface area contributed by atoms with Gasteiger partial charge in [0.1, 0.15) is 6.04 Å². The Morgan fingerprint density at radius 1 is 1.53 bits per heavy atom. The lowest BCUT2D eigenvalue weighted by Crippen LogP contribution is -2.44. The van der Waals surface area contributed by atoms with Gasteiger partial charge in [0.2, 0.25) is 0 Å². The predicted molar refractivity (Wildman–Crippen MR) is 55.1 cm³/mol. The largest absolute Gasteiger partial charge is 0.480 e. The van der Waals surface area contributed by atoms with Crippen molar-refractivity contribution in [1.82, 2.24) is 25.5 Å². The minimum Gasteiger partial charge on any atom is -0.480 e. The van der Waals surface area contributed by atoms with E-state index in [1.54, 1.807) is 7.05 Å². The fraction of sp³-hybridized carbons (Fsp3) is 0.625. The van der Waals surface area contributed by atoms with Crippen LogP contribution in [0.1, 0.15) is 12.8 Å². The molecule has 1 atom stereocenters. The van der Waals surface area contributed by atoms with Crippen molar-refractivity contribution in [3.8, 4) is 0 Å². The van der Waals surface area contributed by atoms with Crippen LogP contribution in [-0.2, 0) is 11.8 Å². The van der Waals surface area contributed by atoms with Crippen LogP contribution in [0.15, 0.2) is 0 Å². The Balaban J connectivity index is 1.89. The van der Waals surface area contributed by atoms with E-state index >= 15 is 0 Å². The fourth-order valence-electron chi connectivity index (χ4n) is 1.42. The summed E-state index contributed by atoms with van der Waals surface area (Å²) in [5.74, 6) is -0.979. The summed E-state index contributed by atoms with van der Waals surface area (Å²) in [6.07, 6.45) is 1.64. The lowest BCUT2D eigenvalue weighted by Gasteiger charge is -2.12. The zero-order valence-electron chi connectivity index (χ0n) is 9.12. The summed E-state index contributed by atoms with van der Waals surface area (Å²) < 4.78 is 0. The first kappa shape index (κ1) is 11.3. The number of carboxylic acids is 1. The first-order valence-corrected chi connectivity index (χ1v) is 5.10. The molecule has 0 bridgehead atoms. The molecular weight excluding hydrogens is 228 g/mol. The molecular formula is C8H12N6O3. The third kappa shape index (κ3) is 2.89. The van der Waals surface area contributed by atoms with Gasteiger partial charge in [0.25, 0.3) is 5.95 Å². The SMILES string of the molecule is Cn1nnc(NC(=O)NC(C(=O)O)C2CC2)n1. The second kappa shape index (κ2) is 4.36. The first-order valence-electron chi connectivity index (χ1n) is 5.10. The molecule has 1 aromatic heterocycles. The Morgan fingerprint density at radius 3 is 2.71 bits per heavy atom. The van der Waals surface area contributed by atoms with Gasteiger partial charge in [-0.05, 0) is 24.0 Å². The van der Waals surface area contributed by atoms with Crippen LogP contribution < -0.4 is 10.6 Å². The van der Waals surface area contributed by atoms with Crippen molar-refractivity contribution in [1.29, 1.82) is 0 Å². The van der Waals surface area contributed by atoms with Gasteiger partial charge in [-0.1, -0.05) is 5.10 Å². The van der Waals surface area contributed by atoms with Crippen molar-refractivity contribution >= 4 is 17.9 Å². The van der Waals surface area contributed by atoms with E-state index in [-0.39, 0.29) is 11.9 Å². The second-order valence-corrected chi connectivity index (χ2v) is 3.85. The Bertz CT molecular complexity index is 440. The number of carbonyl (C=O) groups is 2. The molecule has 2 amide bonds. The zero-order chi connectivity index (χ0) is 12.4. The van der Waals surface area contributed by atoms with E-state index in [2.05, 4.69) is 26.0 Å². The minimum absolute atomic E-state index is 0.0214. The number of amides is 2. The molecule has 1 aromatic rings. The number of urea groups is 1. The third-order valence-corrected chi connectivity index (χ3v) is 2.38. The summed E-state index contributed by atoms with van der Waals surface area (Å²) in [5.41, 5.74) is 0. The number of rotatable bonds is 4. The maximum atomic E-state index is 11.5. The summed E-state index contributed by atoms with van der Waals surface area (Å²) in [5, 5.41) is 24.4. The molecule has 1 saturated carbocycles. The average molecular weight is 240 g/mol. The highest BCUT2D eigenvalue weighted by Crippen LogP contribution is 2.32. The first-order chi connectivity index (χ1) is 8.06. The molecule has 1 aliphatic rings. The van der Waals surface area contributed by atoms with Gasteiger partial charge in [0.15, 0.2) is 0 Å². The number of aromatic nitrogens is 4. The van der Waals surface area contributed by atoms with Gasteiger partial charge in [-0.25, -0.2) is 9.59 Å². The number of hydrogen-bond acceptors (Lipinski definition) is 5. The van der Waals surface area contributed by atoms with Crippen molar-refractivity contribution < 1.29 is 14.7 Å². The van der Waals surface area contributed by atoms with Gasteiger partial charge in [0, 0.05) is 0 Å². The molecule has 1 fully saturated rings. The summed E-state index contributed by atoms with van der Waals surface area (Å²) >= 11 is 0. The molecule has 1 heterocycles. The number of hydrogen-bond donors (Lipinski definition) is 3. The molecule has 0 saturated heterocycles. The molecule has 0 radical (unpaired) electrons. The Labute approximate surface area is 96.2 Å². The highest BCUT2D eigenvalue weighted by Gasteiger charge is 2.37. The normalized spacial score (nSPS) is 16.3. The molecule has 1 aliphatic carbocycles. The van der Waals surface area contributed by atoms with Gasteiger partial charge in [-0.3, -0.25) is 5.32 Å². The van der Waals surface area contributed by atoms with Crippen LogP contribution in [0.2, 0.25) is 0 Å². The maximum absolute atomic E-state index is 11.5. The van der Waals surface area contributed by atoms with E-state index in [4.69, 9.17) is 5.11 Å². The van der Waals surface area contributed by atoms with Crippen LogP contribution in [0.25, 0.3) is 0 Å². The number of aliphatic carboxylic acids is 1. The number of anilines is 1. The Morgan fingerprint density at radius 2 is 2.24 bits per heavy atom. The lowest BCUT2D eigenvalue weighted by atomic mass is 10.2. The van der Waals surface area contributed by atoms with Gasteiger partial charge in [-0.15, -0.1) is 5.10 Å². The van der Waals surface area contributed by atoms with Crippen molar-refractivity contribution in [2.24, 2.45) is 13.0 Å². The van der Waals surface area contributed by atoms with Crippen LogP contribution >= 0.6 is 0 Å². The number of nitrogens with zero attached hydrogens (tertiary/aromatic N) is 4. The van der Waals surface area contributed by atoms with E-state index < -0.39 is 18.0 Å². The van der Waals surface area contributed by atoms with E-state index in [0.29, 0.717) is 0 Å². The molecule has 92 valence electrons. The van der Waals surface area contributed by atoms with Crippen molar-refractivity contribution in [3.05, 3.63) is 0 Å². The fourth-order valence-corrected chi connectivity index (χ4v) is 1.42. The topological polar surface area (TPSA) is 122 Å². The Hall–Kier alpha value is -2.19. The van der Waals surface area contributed by atoms with Crippen molar-refractivity contribution in [2.45, 2.75) is 18.9 Å². The molecule has 9 nitrogen and oxygen atoms in total. The van der Waals surface area contributed by atoms with Crippen LogP contribution in [0, 0.1) is 5.92 Å². The summed E-state index contributed by atoms with van der Waals surface area (Å²) in [6.45, 7) is 0. The molecule has 9 heteroatoms. The third-order valence-electron chi connectivity index (χ3n) is 2.38. The van der Waals surface area contributed by atoms with Crippen LogP contribution in [0.5, 0.6) is 0 Å². The summed E-state index contributed by atoms with van der Waals surface area (Å²) in [7, 11) is 1.56. The molecule has 17 heavy (non-hydrogen) atoms. The summed E-state index contributed by atoms with van der Waals surface area (Å²) in [4.78, 5) is 23.5. The van der Waals surface area contributed by atoms with E-state index in [1.165, 1.54) is 4.80 Å². The van der Waals surface area contributed by atoms with Crippen LogP contribution in [-0.4, -0.2) is 43.4 Å². The standard InChI is InChI=1S/C8H12N6O3/c1-14-12-7(11-13-14)10-8(17)9-5(6(15)16)4-2-3-4/h4-5H,2-3H2,1H3,(H,15,16)(H2,9,10,12,17). The molecule has 1 unspecified atom stereocenters. The number of tetrazole rings is 1. The quantitative estimate of drug-likeness (QED) is 0.633. The molecule has 2 rings (SSSR count). The van der Waals surface area contributed by atoms with Crippen molar-refractivity contribution in [3.63, 3.8) is 0 Å². The molecule has 0 spiro atoms. The van der Waals surface area contributed by atoms with Gasteiger partial charge >= 0.3 is 12.0 Å². The number of carboxylic acid groups (broad SMARTS) is 1. The summed E-state index contributed by atoms with van der Waals surface area (Å²) in [6, 6.07) is -1.50. The van der Waals surface area contributed by atoms with Gasteiger partial charge in [0.05, 0.1) is 7.05 Å². The monoisotopic (exact) mass is 240 g/mol. The molecule has 0 aromatic carbocycles. The Kier molecular flexibility index (Phi) is 2.90. The van der Waals surface area contributed by atoms with E-state index in [1.807, 2.05) is 0 Å². The smallest absolute Gasteiger partial charge is 0.326 e.